The summed E-state index contributed by atoms with van der Waals surface area (Å²) in [6.07, 6.45) is 0.200. The fraction of sp³-hybridized carbons (Fsp3) is 0.182. The number of methoxy groups -OCH3 is 1. The molecule has 0 N–H and O–H groups in total. The van der Waals surface area contributed by atoms with Crippen LogP contribution in [0.15, 0.2) is 65.7 Å². The fourth-order valence-electron chi connectivity index (χ4n) is 3.23. The van der Waals surface area contributed by atoms with Crippen LogP contribution in [0.1, 0.15) is 5.56 Å². The van der Waals surface area contributed by atoms with Gasteiger partial charge in [0.15, 0.2) is 4.80 Å². The number of ether oxygens (including phenoxy) is 1. The summed E-state index contributed by atoms with van der Waals surface area (Å²) in [5, 5.41) is 2.22. The van der Waals surface area contributed by atoms with Crippen molar-refractivity contribution in [3.05, 3.63) is 76.8 Å². The maximum Gasteiger partial charge on any atom is 0.252 e. The lowest BCUT2D eigenvalue weighted by molar-refractivity contribution is -0.117. The Bertz CT molecular complexity index is 1230. The number of fused-ring (bicyclic) bond motifs is 2. The van der Waals surface area contributed by atoms with Crippen LogP contribution in [-0.2, 0) is 22.5 Å². The van der Waals surface area contributed by atoms with Gasteiger partial charge in [0.1, 0.15) is 5.82 Å². The van der Waals surface area contributed by atoms with Crippen LogP contribution in [0.3, 0.4) is 0 Å². The molecule has 4 aromatic rings. The topological polar surface area (TPSA) is 43.6 Å². The molecular formula is C22H19FN2O2S. The molecule has 1 amide bonds. The summed E-state index contributed by atoms with van der Waals surface area (Å²) in [6.45, 7) is 0.839. The van der Waals surface area contributed by atoms with Gasteiger partial charge in [0.05, 0.1) is 23.2 Å². The Labute approximate surface area is 165 Å². The smallest absolute Gasteiger partial charge is 0.252 e. The Morgan fingerprint density at radius 2 is 1.93 bits per heavy atom. The molecule has 0 saturated heterocycles. The molecule has 0 aliphatic heterocycles. The van der Waals surface area contributed by atoms with E-state index in [2.05, 4.69) is 4.99 Å². The maximum absolute atomic E-state index is 14.3. The van der Waals surface area contributed by atoms with Gasteiger partial charge in [-0.3, -0.25) is 4.79 Å². The number of hydrogen-bond donors (Lipinski definition) is 0. The zero-order valence-electron chi connectivity index (χ0n) is 15.4. The molecule has 0 spiro atoms. The predicted molar refractivity (Wildman–Crippen MR) is 110 cm³/mol. The molecule has 0 unspecified atom stereocenters. The highest BCUT2D eigenvalue weighted by Crippen LogP contribution is 2.20. The number of carbonyl (C=O) groups is 1. The van der Waals surface area contributed by atoms with Crippen molar-refractivity contribution < 1.29 is 13.9 Å². The summed E-state index contributed by atoms with van der Waals surface area (Å²) < 4.78 is 22.0. The number of thiazole rings is 1. The summed E-state index contributed by atoms with van der Waals surface area (Å²) >= 11 is 1.31. The maximum atomic E-state index is 14.3. The third-order valence-corrected chi connectivity index (χ3v) is 5.60. The van der Waals surface area contributed by atoms with Gasteiger partial charge in [-0.2, -0.15) is 4.99 Å². The highest BCUT2D eigenvalue weighted by Gasteiger charge is 2.12. The molecule has 4 rings (SSSR count). The molecule has 0 bridgehead atoms. The van der Waals surface area contributed by atoms with Crippen LogP contribution in [0, 0.1) is 5.82 Å². The van der Waals surface area contributed by atoms with Crippen molar-refractivity contribution in [2.45, 2.75) is 13.0 Å². The van der Waals surface area contributed by atoms with E-state index < -0.39 is 0 Å². The van der Waals surface area contributed by atoms with E-state index in [0.29, 0.717) is 23.5 Å². The first-order valence-electron chi connectivity index (χ1n) is 8.98. The van der Waals surface area contributed by atoms with Crippen LogP contribution in [0.4, 0.5) is 4.39 Å². The molecule has 4 nitrogen and oxygen atoms in total. The van der Waals surface area contributed by atoms with Crippen LogP contribution < -0.4 is 4.80 Å². The second-order valence-electron chi connectivity index (χ2n) is 6.48. The standard InChI is InChI=1S/C22H19FN2O2S/c1-27-12-11-25-21-18(23)7-4-8-19(21)28-22(25)24-20(26)14-15-9-10-16-5-2-3-6-17(16)13-15/h2-10,13H,11-12,14H2,1H3. The molecule has 0 aliphatic carbocycles. The van der Waals surface area contributed by atoms with Crippen molar-refractivity contribution >= 4 is 38.2 Å². The fourth-order valence-corrected chi connectivity index (χ4v) is 4.32. The van der Waals surface area contributed by atoms with Crippen molar-refractivity contribution in [3.63, 3.8) is 0 Å². The van der Waals surface area contributed by atoms with E-state index in [1.165, 1.54) is 17.4 Å². The molecule has 1 aromatic heterocycles. The molecule has 0 fully saturated rings. The number of hydrogen-bond acceptors (Lipinski definition) is 3. The van der Waals surface area contributed by atoms with Gasteiger partial charge in [-0.25, -0.2) is 4.39 Å². The number of nitrogens with zero attached hydrogens (tertiary/aromatic N) is 2. The lowest BCUT2D eigenvalue weighted by Gasteiger charge is -2.05. The van der Waals surface area contributed by atoms with Crippen LogP contribution in [-0.4, -0.2) is 24.2 Å². The zero-order valence-corrected chi connectivity index (χ0v) is 16.2. The first-order chi connectivity index (χ1) is 13.7. The Balaban J connectivity index is 1.69. The molecule has 1 heterocycles. The third kappa shape index (κ3) is 3.74. The predicted octanol–water partition coefficient (Wildman–Crippen LogP) is 4.31. The minimum atomic E-state index is -0.326. The molecule has 0 aliphatic rings. The molecule has 0 radical (unpaired) electrons. The third-order valence-electron chi connectivity index (χ3n) is 4.56. The Morgan fingerprint density at radius 3 is 2.75 bits per heavy atom. The highest BCUT2D eigenvalue weighted by molar-refractivity contribution is 7.16. The number of benzene rings is 3. The highest BCUT2D eigenvalue weighted by atomic mass is 32.1. The lowest BCUT2D eigenvalue weighted by atomic mass is 10.1. The number of rotatable bonds is 5. The lowest BCUT2D eigenvalue weighted by Crippen LogP contribution is -2.20. The minimum absolute atomic E-state index is 0.200. The number of carbonyl (C=O) groups excluding carboxylic acids is 1. The van der Waals surface area contributed by atoms with Gasteiger partial charge in [0, 0.05) is 13.7 Å². The number of para-hydroxylation sites is 1. The average molecular weight is 394 g/mol. The molecule has 0 saturated carbocycles. The van der Waals surface area contributed by atoms with E-state index in [4.69, 9.17) is 4.74 Å². The van der Waals surface area contributed by atoms with Crippen molar-refractivity contribution in [1.29, 1.82) is 0 Å². The monoisotopic (exact) mass is 394 g/mol. The van der Waals surface area contributed by atoms with Crippen LogP contribution in [0.5, 0.6) is 0 Å². The second kappa shape index (κ2) is 8.04. The van der Waals surface area contributed by atoms with E-state index in [9.17, 15) is 9.18 Å². The average Bonchev–Trinajstić information content (AvgIpc) is 3.04. The van der Waals surface area contributed by atoms with Crippen LogP contribution in [0.2, 0.25) is 0 Å². The van der Waals surface area contributed by atoms with Gasteiger partial charge in [0.2, 0.25) is 0 Å². The summed E-state index contributed by atoms with van der Waals surface area (Å²) in [5.41, 5.74) is 1.37. The largest absolute Gasteiger partial charge is 0.383 e. The molecular weight excluding hydrogens is 375 g/mol. The normalized spacial score (nSPS) is 12.1. The van der Waals surface area contributed by atoms with Gasteiger partial charge in [-0.05, 0) is 28.5 Å². The van der Waals surface area contributed by atoms with Gasteiger partial charge < -0.3 is 9.30 Å². The summed E-state index contributed by atoms with van der Waals surface area (Å²) in [7, 11) is 1.59. The van der Waals surface area contributed by atoms with Crippen LogP contribution >= 0.6 is 11.3 Å². The Hall–Kier alpha value is -2.83. The molecule has 6 heteroatoms. The number of amides is 1. The summed E-state index contributed by atoms with van der Waals surface area (Å²) in [4.78, 5) is 17.4. The summed E-state index contributed by atoms with van der Waals surface area (Å²) in [5.74, 6) is -0.582. The van der Waals surface area contributed by atoms with Crippen molar-refractivity contribution in [3.8, 4) is 0 Å². The van der Waals surface area contributed by atoms with Gasteiger partial charge in [0.25, 0.3) is 5.91 Å². The van der Waals surface area contributed by atoms with Crippen molar-refractivity contribution in [2.24, 2.45) is 4.99 Å². The van der Waals surface area contributed by atoms with Gasteiger partial charge >= 0.3 is 0 Å². The summed E-state index contributed by atoms with van der Waals surface area (Å²) in [6, 6.07) is 18.9. The van der Waals surface area contributed by atoms with E-state index in [1.807, 2.05) is 48.5 Å². The van der Waals surface area contributed by atoms with Crippen LogP contribution in [0.25, 0.3) is 21.0 Å². The van der Waals surface area contributed by atoms with E-state index in [0.717, 1.165) is 21.0 Å². The van der Waals surface area contributed by atoms with E-state index in [-0.39, 0.29) is 18.1 Å². The molecule has 0 atom stereocenters. The molecule has 28 heavy (non-hydrogen) atoms. The molecule has 3 aromatic carbocycles. The van der Waals surface area contributed by atoms with Crippen molar-refractivity contribution in [2.75, 3.05) is 13.7 Å². The first kappa shape index (κ1) is 18.5. The van der Waals surface area contributed by atoms with E-state index in [1.54, 1.807) is 17.7 Å². The minimum Gasteiger partial charge on any atom is -0.383 e. The first-order valence-corrected chi connectivity index (χ1v) is 9.79. The van der Waals surface area contributed by atoms with Gasteiger partial charge in [-0.1, -0.05) is 59.9 Å². The number of halogens is 1. The Morgan fingerprint density at radius 1 is 1.11 bits per heavy atom. The quantitative estimate of drug-likeness (QED) is 0.506. The SMILES string of the molecule is COCCn1c(=NC(=O)Cc2ccc3ccccc3c2)sc2cccc(F)c21. The second-order valence-corrected chi connectivity index (χ2v) is 7.49. The Kier molecular flexibility index (Phi) is 5.32. The van der Waals surface area contributed by atoms with Crippen molar-refractivity contribution in [1.82, 2.24) is 4.57 Å². The van der Waals surface area contributed by atoms with Gasteiger partial charge in [-0.15, -0.1) is 0 Å². The van der Waals surface area contributed by atoms with E-state index >= 15 is 0 Å². The number of aromatic nitrogens is 1. The zero-order chi connectivity index (χ0) is 19.5. The molecule has 142 valence electrons.